The Morgan fingerprint density at radius 3 is 2.94 bits per heavy atom. The molecule has 0 radical (unpaired) electrons. The Labute approximate surface area is 96.5 Å². The maximum absolute atomic E-state index is 8.78. The predicted octanol–water partition coefficient (Wildman–Crippen LogP) is 2.30. The molecule has 1 fully saturated rings. The molecule has 86 valence electrons. The van der Waals surface area contributed by atoms with Gasteiger partial charge in [0.1, 0.15) is 0 Å². The van der Waals surface area contributed by atoms with Gasteiger partial charge in [0.15, 0.2) is 6.19 Å². The van der Waals surface area contributed by atoms with Crippen LogP contribution in [0.3, 0.4) is 0 Å². The molecule has 0 saturated heterocycles. The molecule has 16 heavy (non-hydrogen) atoms. The van der Waals surface area contributed by atoms with Gasteiger partial charge < -0.3 is 4.90 Å². The van der Waals surface area contributed by atoms with E-state index < -0.39 is 0 Å². The van der Waals surface area contributed by atoms with Crippen molar-refractivity contribution in [3.8, 4) is 6.19 Å². The molecule has 0 aliphatic heterocycles. The first-order valence-electron chi connectivity index (χ1n) is 5.94. The Kier molecular flexibility index (Phi) is 3.45. The van der Waals surface area contributed by atoms with Gasteiger partial charge >= 0.3 is 0 Å². The summed E-state index contributed by atoms with van der Waals surface area (Å²) >= 11 is 0. The fourth-order valence-corrected chi connectivity index (χ4v) is 2.40. The molecule has 2 rings (SSSR count). The third-order valence-corrected chi connectivity index (χ3v) is 3.24. The molecule has 1 aliphatic rings. The van der Waals surface area contributed by atoms with Gasteiger partial charge in [0.2, 0.25) is 0 Å². The van der Waals surface area contributed by atoms with Gasteiger partial charge in [-0.15, -0.1) is 0 Å². The minimum Gasteiger partial charge on any atom is -0.308 e. The van der Waals surface area contributed by atoms with Crippen molar-refractivity contribution in [3.05, 3.63) is 18.0 Å². The normalized spacial score (nSPS) is 17.0. The molecule has 0 N–H and O–H groups in total. The Morgan fingerprint density at radius 2 is 2.25 bits per heavy atom. The van der Waals surface area contributed by atoms with E-state index in [1.807, 2.05) is 12.3 Å². The molecule has 1 saturated carbocycles. The molecule has 4 heteroatoms. The lowest BCUT2D eigenvalue weighted by Gasteiger charge is -2.24. The number of aromatic nitrogens is 2. The van der Waals surface area contributed by atoms with Crippen molar-refractivity contribution in [3.63, 3.8) is 0 Å². The van der Waals surface area contributed by atoms with Gasteiger partial charge in [-0.3, -0.25) is 4.68 Å². The SMILES string of the molecule is CN(C#N)Cc1ccnn1C1CCCCC1. The Bertz CT molecular complexity index is 371. The summed E-state index contributed by atoms with van der Waals surface area (Å²) in [5.74, 6) is 0. The van der Waals surface area contributed by atoms with Crippen LogP contribution >= 0.6 is 0 Å². The number of hydrogen-bond acceptors (Lipinski definition) is 3. The largest absolute Gasteiger partial charge is 0.308 e. The van der Waals surface area contributed by atoms with Gasteiger partial charge in [0.25, 0.3) is 0 Å². The van der Waals surface area contributed by atoms with Crippen LogP contribution in [0, 0.1) is 11.5 Å². The molecular formula is C12H18N4. The Balaban J connectivity index is 2.09. The van der Waals surface area contributed by atoms with Gasteiger partial charge in [-0.25, -0.2) is 0 Å². The van der Waals surface area contributed by atoms with Crippen molar-refractivity contribution in [2.75, 3.05) is 7.05 Å². The first-order valence-corrected chi connectivity index (χ1v) is 5.94. The van der Waals surface area contributed by atoms with E-state index in [9.17, 15) is 0 Å². The van der Waals surface area contributed by atoms with Crippen LogP contribution in [0.4, 0.5) is 0 Å². The van der Waals surface area contributed by atoms with Crippen LogP contribution in [0.5, 0.6) is 0 Å². The average Bonchev–Trinajstić information content (AvgIpc) is 2.78. The predicted molar refractivity (Wildman–Crippen MR) is 61.4 cm³/mol. The highest BCUT2D eigenvalue weighted by atomic mass is 15.3. The van der Waals surface area contributed by atoms with Crippen LogP contribution in [-0.4, -0.2) is 21.7 Å². The maximum Gasteiger partial charge on any atom is 0.179 e. The maximum atomic E-state index is 8.78. The summed E-state index contributed by atoms with van der Waals surface area (Å²) in [7, 11) is 1.80. The highest BCUT2D eigenvalue weighted by Gasteiger charge is 2.18. The summed E-state index contributed by atoms with van der Waals surface area (Å²) in [6.07, 6.45) is 10.4. The molecule has 0 amide bonds. The zero-order valence-corrected chi connectivity index (χ0v) is 9.76. The molecule has 4 nitrogen and oxygen atoms in total. The minimum absolute atomic E-state index is 0.547. The smallest absolute Gasteiger partial charge is 0.179 e. The second-order valence-corrected chi connectivity index (χ2v) is 4.52. The summed E-state index contributed by atoms with van der Waals surface area (Å²) in [6.45, 7) is 0.660. The second kappa shape index (κ2) is 5.02. The van der Waals surface area contributed by atoms with Crippen LogP contribution in [0.2, 0.25) is 0 Å². The lowest BCUT2D eigenvalue weighted by Crippen LogP contribution is -2.20. The van der Waals surface area contributed by atoms with Gasteiger partial charge in [-0.1, -0.05) is 19.3 Å². The molecule has 0 aromatic carbocycles. The molecule has 0 unspecified atom stereocenters. The molecular weight excluding hydrogens is 200 g/mol. The molecule has 1 aromatic heterocycles. The van der Waals surface area contributed by atoms with E-state index >= 15 is 0 Å². The zero-order valence-electron chi connectivity index (χ0n) is 9.76. The fourth-order valence-electron chi connectivity index (χ4n) is 2.40. The monoisotopic (exact) mass is 218 g/mol. The summed E-state index contributed by atoms with van der Waals surface area (Å²) in [6, 6.07) is 2.56. The lowest BCUT2D eigenvalue weighted by atomic mass is 9.95. The number of hydrogen-bond donors (Lipinski definition) is 0. The van der Waals surface area contributed by atoms with E-state index in [0.717, 1.165) is 5.69 Å². The Morgan fingerprint density at radius 1 is 1.50 bits per heavy atom. The van der Waals surface area contributed by atoms with Crippen molar-refractivity contribution in [1.82, 2.24) is 14.7 Å². The van der Waals surface area contributed by atoms with Gasteiger partial charge in [-0.2, -0.15) is 10.4 Å². The van der Waals surface area contributed by atoms with Crippen molar-refractivity contribution in [2.45, 2.75) is 44.7 Å². The Hall–Kier alpha value is -1.50. The molecule has 1 aromatic rings. The summed E-state index contributed by atoms with van der Waals surface area (Å²) in [4.78, 5) is 1.64. The zero-order chi connectivity index (χ0) is 11.4. The third-order valence-electron chi connectivity index (χ3n) is 3.24. The molecule has 1 heterocycles. The van der Waals surface area contributed by atoms with E-state index in [2.05, 4.69) is 16.0 Å². The lowest BCUT2D eigenvalue weighted by molar-refractivity contribution is 0.311. The molecule has 1 aliphatic carbocycles. The number of nitrogens with zero attached hydrogens (tertiary/aromatic N) is 4. The van der Waals surface area contributed by atoms with Crippen molar-refractivity contribution in [1.29, 1.82) is 5.26 Å². The van der Waals surface area contributed by atoms with Crippen LogP contribution in [0.1, 0.15) is 43.8 Å². The summed E-state index contributed by atoms with van der Waals surface area (Å²) in [5.41, 5.74) is 1.15. The standard InChI is InChI=1S/C12H18N4/c1-15(10-13)9-12-7-8-14-16(12)11-5-3-2-4-6-11/h7-8,11H,2-6,9H2,1H3. The van der Waals surface area contributed by atoms with Crippen molar-refractivity contribution < 1.29 is 0 Å². The van der Waals surface area contributed by atoms with Crippen molar-refractivity contribution >= 4 is 0 Å². The van der Waals surface area contributed by atoms with Gasteiger partial charge in [-0.05, 0) is 18.9 Å². The molecule has 0 bridgehead atoms. The summed E-state index contributed by atoms with van der Waals surface area (Å²) < 4.78 is 2.12. The number of rotatable bonds is 3. The van der Waals surface area contributed by atoms with Crippen molar-refractivity contribution in [2.24, 2.45) is 0 Å². The summed E-state index contributed by atoms with van der Waals surface area (Å²) in [5, 5.41) is 13.2. The van der Waals surface area contributed by atoms with Crippen LogP contribution < -0.4 is 0 Å². The van der Waals surface area contributed by atoms with Gasteiger partial charge in [0, 0.05) is 13.2 Å². The van der Waals surface area contributed by atoms with Gasteiger partial charge in [0.05, 0.1) is 18.3 Å². The molecule has 0 spiro atoms. The van der Waals surface area contributed by atoms with E-state index in [1.165, 1.54) is 32.1 Å². The quantitative estimate of drug-likeness (QED) is 0.577. The van der Waals surface area contributed by atoms with Crippen LogP contribution in [-0.2, 0) is 6.54 Å². The first kappa shape index (κ1) is 11.0. The number of nitriles is 1. The van der Waals surface area contributed by atoms with E-state index in [4.69, 9.17) is 5.26 Å². The molecule has 0 atom stereocenters. The van der Waals surface area contributed by atoms with E-state index in [0.29, 0.717) is 12.6 Å². The first-order chi connectivity index (χ1) is 7.81. The van der Waals surface area contributed by atoms with E-state index in [-0.39, 0.29) is 0 Å². The highest BCUT2D eigenvalue weighted by Crippen LogP contribution is 2.28. The fraction of sp³-hybridized carbons (Fsp3) is 0.667. The van der Waals surface area contributed by atoms with E-state index in [1.54, 1.807) is 11.9 Å². The topological polar surface area (TPSA) is 44.9 Å². The van der Waals surface area contributed by atoms with Crippen LogP contribution in [0.25, 0.3) is 0 Å². The minimum atomic E-state index is 0.547. The highest BCUT2D eigenvalue weighted by molar-refractivity contribution is 5.03. The second-order valence-electron chi connectivity index (χ2n) is 4.52. The third kappa shape index (κ3) is 2.35. The van der Waals surface area contributed by atoms with Crippen LogP contribution in [0.15, 0.2) is 12.3 Å². The average molecular weight is 218 g/mol.